The van der Waals surface area contributed by atoms with E-state index in [9.17, 15) is 13.2 Å². The average Bonchev–Trinajstić information content (AvgIpc) is 2.18. The fraction of sp³-hybridized carbons (Fsp3) is 0.300. The van der Waals surface area contributed by atoms with Crippen LogP contribution in [-0.2, 0) is 21.2 Å². The second-order valence-electron chi connectivity index (χ2n) is 3.68. The molecule has 0 amide bonds. The molecule has 0 aliphatic carbocycles. The predicted octanol–water partition coefficient (Wildman–Crippen LogP) is 0.0125. The highest BCUT2D eigenvalue weighted by molar-refractivity contribution is 7.92. The van der Waals surface area contributed by atoms with Crippen molar-refractivity contribution in [3.63, 3.8) is 0 Å². The Hall–Kier alpha value is -1.60. The van der Waals surface area contributed by atoms with Crippen LogP contribution in [0.25, 0.3) is 0 Å². The van der Waals surface area contributed by atoms with Gasteiger partial charge in [0.15, 0.2) is 0 Å². The largest absolute Gasteiger partial charge is 0.480 e. The Balaban J connectivity index is 2.96. The molecule has 0 bridgehead atoms. The Morgan fingerprint density at radius 1 is 1.47 bits per heavy atom. The number of sulfonamides is 1. The summed E-state index contributed by atoms with van der Waals surface area (Å²) in [7, 11) is -3.39. The minimum absolute atomic E-state index is 0.0635. The summed E-state index contributed by atoms with van der Waals surface area (Å²) in [4.78, 5) is 10.6. The number of carbonyl (C=O) groups is 1. The topological polar surface area (TPSA) is 109 Å². The van der Waals surface area contributed by atoms with Crippen LogP contribution in [0.5, 0.6) is 0 Å². The van der Waals surface area contributed by atoms with Crippen molar-refractivity contribution in [1.82, 2.24) is 0 Å². The molecule has 1 atom stereocenters. The van der Waals surface area contributed by atoms with Crippen molar-refractivity contribution in [1.29, 1.82) is 0 Å². The van der Waals surface area contributed by atoms with E-state index in [0.717, 1.165) is 6.26 Å². The van der Waals surface area contributed by atoms with E-state index in [2.05, 4.69) is 4.72 Å². The van der Waals surface area contributed by atoms with E-state index in [-0.39, 0.29) is 6.42 Å². The van der Waals surface area contributed by atoms with Gasteiger partial charge in [-0.2, -0.15) is 0 Å². The first-order valence-corrected chi connectivity index (χ1v) is 6.73. The lowest BCUT2D eigenvalue weighted by molar-refractivity contribution is -0.138. The van der Waals surface area contributed by atoms with Crippen molar-refractivity contribution in [3.05, 3.63) is 29.8 Å². The fourth-order valence-corrected chi connectivity index (χ4v) is 1.92. The molecule has 1 aromatic carbocycles. The van der Waals surface area contributed by atoms with Gasteiger partial charge in [-0.25, -0.2) is 8.42 Å². The Kier molecular flexibility index (Phi) is 4.08. The maximum absolute atomic E-state index is 11.1. The molecule has 17 heavy (non-hydrogen) atoms. The highest BCUT2D eigenvalue weighted by Gasteiger charge is 2.15. The normalized spacial score (nSPS) is 13.1. The zero-order chi connectivity index (χ0) is 13.1. The van der Waals surface area contributed by atoms with Gasteiger partial charge in [0.25, 0.3) is 0 Å². The van der Waals surface area contributed by atoms with Gasteiger partial charge in [-0.05, 0) is 11.6 Å². The molecule has 0 saturated heterocycles. The number of anilines is 1. The molecule has 0 heterocycles. The lowest BCUT2D eigenvalue weighted by atomic mass is 10.1. The molecule has 6 nitrogen and oxygen atoms in total. The molecule has 94 valence electrons. The van der Waals surface area contributed by atoms with E-state index in [1.54, 1.807) is 24.3 Å². The Bertz CT molecular complexity index is 513. The van der Waals surface area contributed by atoms with E-state index >= 15 is 0 Å². The van der Waals surface area contributed by atoms with Gasteiger partial charge in [-0.1, -0.05) is 18.2 Å². The second-order valence-corrected chi connectivity index (χ2v) is 5.43. The molecule has 7 heteroatoms. The number of rotatable bonds is 5. The van der Waals surface area contributed by atoms with Crippen LogP contribution < -0.4 is 10.5 Å². The van der Waals surface area contributed by atoms with Crippen LogP contribution in [0.15, 0.2) is 24.3 Å². The van der Waals surface area contributed by atoms with Gasteiger partial charge in [0.2, 0.25) is 10.0 Å². The third-order valence-electron chi connectivity index (χ3n) is 2.07. The summed E-state index contributed by atoms with van der Waals surface area (Å²) in [5, 5.41) is 8.70. The van der Waals surface area contributed by atoms with Crippen LogP contribution in [0.1, 0.15) is 5.56 Å². The summed E-state index contributed by atoms with van der Waals surface area (Å²) >= 11 is 0. The molecule has 0 saturated carbocycles. The van der Waals surface area contributed by atoms with Gasteiger partial charge in [0.05, 0.1) is 11.9 Å². The van der Waals surface area contributed by atoms with Crippen molar-refractivity contribution >= 4 is 21.7 Å². The molecule has 0 radical (unpaired) electrons. The Morgan fingerprint density at radius 3 is 2.59 bits per heavy atom. The number of aliphatic carboxylic acids is 1. The van der Waals surface area contributed by atoms with Crippen molar-refractivity contribution in [3.8, 4) is 0 Å². The zero-order valence-electron chi connectivity index (χ0n) is 9.25. The van der Waals surface area contributed by atoms with E-state index in [0.29, 0.717) is 11.3 Å². The second kappa shape index (κ2) is 5.15. The van der Waals surface area contributed by atoms with Gasteiger partial charge in [-0.3, -0.25) is 9.52 Å². The maximum Gasteiger partial charge on any atom is 0.320 e. The molecule has 1 unspecified atom stereocenters. The lowest BCUT2D eigenvalue weighted by Gasteiger charge is -2.12. The van der Waals surface area contributed by atoms with Gasteiger partial charge in [-0.15, -0.1) is 0 Å². The minimum atomic E-state index is -3.39. The van der Waals surface area contributed by atoms with Crippen LogP contribution in [0.2, 0.25) is 0 Å². The molecular weight excluding hydrogens is 244 g/mol. The summed E-state index contributed by atoms with van der Waals surface area (Å²) in [6, 6.07) is 5.49. The number of carboxylic acid groups (broad SMARTS) is 1. The minimum Gasteiger partial charge on any atom is -0.480 e. The van der Waals surface area contributed by atoms with Gasteiger partial charge in [0, 0.05) is 6.42 Å². The number of carboxylic acids is 1. The standard InChI is InChI=1S/C10H14N2O4S/c1-17(15,16)12-9-5-3-2-4-7(9)6-8(11)10(13)14/h2-5,8,12H,6,11H2,1H3,(H,13,14). The van der Waals surface area contributed by atoms with Crippen molar-refractivity contribution in [2.75, 3.05) is 11.0 Å². The van der Waals surface area contributed by atoms with Crippen molar-refractivity contribution in [2.45, 2.75) is 12.5 Å². The zero-order valence-corrected chi connectivity index (χ0v) is 10.1. The summed E-state index contributed by atoms with van der Waals surface area (Å²) in [6.07, 6.45) is 1.09. The van der Waals surface area contributed by atoms with Crippen LogP contribution in [0.4, 0.5) is 5.69 Å². The van der Waals surface area contributed by atoms with Gasteiger partial charge in [0.1, 0.15) is 6.04 Å². The van der Waals surface area contributed by atoms with Gasteiger partial charge >= 0.3 is 5.97 Å². The number of benzene rings is 1. The van der Waals surface area contributed by atoms with E-state index in [1.165, 1.54) is 0 Å². The molecule has 0 aromatic heterocycles. The third-order valence-corrected chi connectivity index (χ3v) is 2.66. The van der Waals surface area contributed by atoms with Crippen molar-refractivity contribution < 1.29 is 18.3 Å². The average molecular weight is 258 g/mol. The van der Waals surface area contributed by atoms with Crippen LogP contribution >= 0.6 is 0 Å². The summed E-state index contributed by atoms with van der Waals surface area (Å²) < 4.78 is 24.5. The Morgan fingerprint density at radius 2 is 2.06 bits per heavy atom. The highest BCUT2D eigenvalue weighted by Crippen LogP contribution is 2.17. The van der Waals surface area contributed by atoms with Crippen molar-refractivity contribution in [2.24, 2.45) is 5.73 Å². The lowest BCUT2D eigenvalue weighted by Crippen LogP contribution is -2.32. The SMILES string of the molecule is CS(=O)(=O)Nc1ccccc1CC(N)C(=O)O. The fourth-order valence-electron chi connectivity index (χ4n) is 1.32. The monoisotopic (exact) mass is 258 g/mol. The first-order valence-electron chi connectivity index (χ1n) is 4.83. The Labute approximate surface area is 99.5 Å². The first kappa shape index (κ1) is 13.5. The number of para-hydroxylation sites is 1. The van der Waals surface area contributed by atoms with E-state index in [1.807, 2.05) is 0 Å². The van der Waals surface area contributed by atoms with E-state index in [4.69, 9.17) is 10.8 Å². The molecule has 4 N–H and O–H groups in total. The molecule has 0 aliphatic rings. The summed E-state index contributed by atoms with van der Waals surface area (Å²) in [6.45, 7) is 0. The summed E-state index contributed by atoms with van der Waals surface area (Å²) in [5.74, 6) is -1.13. The highest BCUT2D eigenvalue weighted by atomic mass is 32.2. The number of hydrogen-bond donors (Lipinski definition) is 3. The third kappa shape index (κ3) is 4.41. The maximum atomic E-state index is 11.1. The molecule has 1 aromatic rings. The predicted molar refractivity (Wildman–Crippen MR) is 64.2 cm³/mol. The summed E-state index contributed by atoms with van der Waals surface area (Å²) in [5.41, 5.74) is 6.31. The molecular formula is C10H14N2O4S. The van der Waals surface area contributed by atoms with E-state index < -0.39 is 22.0 Å². The molecule has 0 aliphatic heterocycles. The van der Waals surface area contributed by atoms with Crippen LogP contribution in [0.3, 0.4) is 0 Å². The quantitative estimate of drug-likeness (QED) is 0.689. The van der Waals surface area contributed by atoms with Crippen LogP contribution in [-0.4, -0.2) is 31.8 Å². The smallest absolute Gasteiger partial charge is 0.320 e. The number of nitrogens with two attached hydrogens (primary N) is 1. The van der Waals surface area contributed by atoms with Crippen LogP contribution in [0, 0.1) is 0 Å². The molecule has 0 fully saturated rings. The first-order chi connectivity index (χ1) is 7.79. The molecule has 1 rings (SSSR count). The number of nitrogens with one attached hydrogen (secondary N) is 1. The molecule has 0 spiro atoms. The van der Waals surface area contributed by atoms with Gasteiger partial charge < -0.3 is 10.8 Å². The number of hydrogen-bond acceptors (Lipinski definition) is 4.